The quantitative estimate of drug-likeness (QED) is 0.685. The lowest BCUT2D eigenvalue weighted by Gasteiger charge is -2.15. The maximum Gasteiger partial charge on any atom is 0.220 e. The van der Waals surface area contributed by atoms with E-state index in [4.69, 9.17) is 0 Å². The summed E-state index contributed by atoms with van der Waals surface area (Å²) in [6.45, 7) is 8.43. The molecule has 0 rings (SSSR count). The lowest BCUT2D eigenvalue weighted by Crippen LogP contribution is -2.34. The SMILES string of the molecule is CC(C)CCC(=O)NCC(O)C(C)C. The highest BCUT2D eigenvalue weighted by atomic mass is 16.3. The molecule has 0 saturated heterocycles. The van der Waals surface area contributed by atoms with Gasteiger partial charge in [-0.2, -0.15) is 0 Å². The van der Waals surface area contributed by atoms with Gasteiger partial charge in [-0.15, -0.1) is 0 Å². The minimum atomic E-state index is -0.432. The summed E-state index contributed by atoms with van der Waals surface area (Å²) in [6.07, 6.45) is 1.03. The zero-order valence-corrected chi connectivity index (χ0v) is 9.71. The third-order valence-corrected chi connectivity index (χ3v) is 2.23. The number of amides is 1. The molecule has 3 heteroatoms. The first-order valence-electron chi connectivity index (χ1n) is 5.38. The molecule has 0 aromatic rings. The van der Waals surface area contributed by atoms with Crippen LogP contribution in [0.15, 0.2) is 0 Å². The number of aliphatic hydroxyl groups excluding tert-OH is 1. The number of rotatable bonds is 6. The van der Waals surface area contributed by atoms with Gasteiger partial charge in [0.15, 0.2) is 0 Å². The summed E-state index contributed by atoms with van der Waals surface area (Å²) in [5, 5.41) is 12.2. The first-order valence-corrected chi connectivity index (χ1v) is 5.38. The molecule has 0 heterocycles. The maximum atomic E-state index is 11.3. The molecule has 0 bridgehead atoms. The van der Waals surface area contributed by atoms with Gasteiger partial charge in [0.1, 0.15) is 0 Å². The van der Waals surface area contributed by atoms with E-state index in [0.29, 0.717) is 18.9 Å². The summed E-state index contributed by atoms with van der Waals surface area (Å²) in [4.78, 5) is 11.3. The van der Waals surface area contributed by atoms with Crippen LogP contribution in [0.2, 0.25) is 0 Å². The van der Waals surface area contributed by atoms with Gasteiger partial charge in [0.05, 0.1) is 6.10 Å². The lowest BCUT2D eigenvalue weighted by molar-refractivity contribution is -0.121. The molecule has 0 aromatic heterocycles. The number of carbonyl (C=O) groups excluding carboxylic acids is 1. The van der Waals surface area contributed by atoms with Gasteiger partial charge >= 0.3 is 0 Å². The molecule has 0 fully saturated rings. The Morgan fingerprint density at radius 3 is 2.29 bits per heavy atom. The summed E-state index contributed by atoms with van der Waals surface area (Å²) in [5.74, 6) is 0.787. The largest absolute Gasteiger partial charge is 0.391 e. The van der Waals surface area contributed by atoms with Crippen LogP contribution in [-0.2, 0) is 4.79 Å². The fourth-order valence-corrected chi connectivity index (χ4v) is 0.962. The zero-order chi connectivity index (χ0) is 11.1. The fourth-order valence-electron chi connectivity index (χ4n) is 0.962. The highest BCUT2D eigenvalue weighted by molar-refractivity contribution is 5.75. The van der Waals surface area contributed by atoms with Crippen LogP contribution in [0.1, 0.15) is 40.5 Å². The molecule has 14 heavy (non-hydrogen) atoms. The first-order chi connectivity index (χ1) is 6.43. The Kier molecular flexibility index (Phi) is 6.54. The molecule has 1 atom stereocenters. The molecule has 0 aliphatic heterocycles. The van der Waals surface area contributed by atoms with Crippen molar-refractivity contribution in [2.45, 2.75) is 46.6 Å². The Morgan fingerprint density at radius 2 is 1.86 bits per heavy atom. The van der Waals surface area contributed by atoms with Crippen LogP contribution < -0.4 is 5.32 Å². The summed E-state index contributed by atoms with van der Waals surface area (Å²) in [5.41, 5.74) is 0. The van der Waals surface area contributed by atoms with Crippen LogP contribution in [0.5, 0.6) is 0 Å². The second kappa shape index (κ2) is 6.82. The Balaban J connectivity index is 3.54. The van der Waals surface area contributed by atoms with Crippen molar-refractivity contribution in [3.63, 3.8) is 0 Å². The minimum absolute atomic E-state index is 0.0402. The fraction of sp³-hybridized carbons (Fsp3) is 0.909. The van der Waals surface area contributed by atoms with Gasteiger partial charge in [-0.1, -0.05) is 27.7 Å². The van der Waals surface area contributed by atoms with Gasteiger partial charge in [-0.05, 0) is 18.3 Å². The van der Waals surface area contributed by atoms with Crippen molar-refractivity contribution in [2.24, 2.45) is 11.8 Å². The monoisotopic (exact) mass is 201 g/mol. The normalized spacial score (nSPS) is 13.4. The molecular formula is C11H23NO2. The predicted octanol–water partition coefficient (Wildman–Crippen LogP) is 1.56. The summed E-state index contributed by atoms with van der Waals surface area (Å²) in [6, 6.07) is 0. The van der Waals surface area contributed by atoms with Gasteiger partial charge in [-0.25, -0.2) is 0 Å². The van der Waals surface area contributed by atoms with E-state index >= 15 is 0 Å². The number of carbonyl (C=O) groups is 1. The van der Waals surface area contributed by atoms with Crippen molar-refractivity contribution in [3.05, 3.63) is 0 Å². The topological polar surface area (TPSA) is 49.3 Å². The molecule has 84 valence electrons. The molecule has 0 aliphatic carbocycles. The first kappa shape index (κ1) is 13.4. The molecule has 0 spiro atoms. The maximum absolute atomic E-state index is 11.3. The Bertz CT molecular complexity index is 167. The summed E-state index contributed by atoms with van der Waals surface area (Å²) in [7, 11) is 0. The third-order valence-electron chi connectivity index (χ3n) is 2.23. The van der Waals surface area contributed by atoms with Gasteiger partial charge < -0.3 is 10.4 Å². The van der Waals surface area contributed by atoms with Crippen molar-refractivity contribution in [1.29, 1.82) is 0 Å². The standard InChI is InChI=1S/C11H23NO2/c1-8(2)5-6-11(14)12-7-10(13)9(3)4/h8-10,13H,5-7H2,1-4H3,(H,12,14). The van der Waals surface area contributed by atoms with Gasteiger partial charge in [0.25, 0.3) is 0 Å². The second-order valence-corrected chi connectivity index (χ2v) is 4.55. The van der Waals surface area contributed by atoms with Crippen molar-refractivity contribution >= 4 is 5.91 Å². The van der Waals surface area contributed by atoms with Crippen LogP contribution in [0, 0.1) is 11.8 Å². The molecule has 3 nitrogen and oxygen atoms in total. The molecule has 1 unspecified atom stereocenters. The second-order valence-electron chi connectivity index (χ2n) is 4.55. The minimum Gasteiger partial charge on any atom is -0.391 e. The number of aliphatic hydroxyl groups is 1. The van der Waals surface area contributed by atoms with E-state index < -0.39 is 6.10 Å². The van der Waals surface area contributed by atoms with Gasteiger partial charge in [0, 0.05) is 13.0 Å². The molecule has 0 aromatic carbocycles. The van der Waals surface area contributed by atoms with Gasteiger partial charge in [-0.3, -0.25) is 4.79 Å². The van der Waals surface area contributed by atoms with Gasteiger partial charge in [0.2, 0.25) is 5.91 Å². The molecule has 0 radical (unpaired) electrons. The highest BCUT2D eigenvalue weighted by Gasteiger charge is 2.10. The van der Waals surface area contributed by atoms with Crippen LogP contribution in [0.4, 0.5) is 0 Å². The summed E-state index contributed by atoms with van der Waals surface area (Å²) >= 11 is 0. The smallest absolute Gasteiger partial charge is 0.220 e. The average Bonchev–Trinajstić information content (AvgIpc) is 2.10. The summed E-state index contributed by atoms with van der Waals surface area (Å²) < 4.78 is 0. The van der Waals surface area contributed by atoms with E-state index in [2.05, 4.69) is 19.2 Å². The molecule has 0 aliphatic rings. The van der Waals surface area contributed by atoms with E-state index in [1.54, 1.807) is 0 Å². The molecule has 2 N–H and O–H groups in total. The Morgan fingerprint density at radius 1 is 1.29 bits per heavy atom. The third kappa shape index (κ3) is 6.89. The zero-order valence-electron chi connectivity index (χ0n) is 9.71. The molecule has 0 saturated carbocycles. The number of nitrogens with one attached hydrogen (secondary N) is 1. The van der Waals surface area contributed by atoms with Crippen molar-refractivity contribution in [3.8, 4) is 0 Å². The van der Waals surface area contributed by atoms with Crippen LogP contribution in [-0.4, -0.2) is 23.7 Å². The Labute approximate surface area is 86.9 Å². The number of hydrogen-bond donors (Lipinski definition) is 2. The average molecular weight is 201 g/mol. The van der Waals surface area contributed by atoms with Crippen molar-refractivity contribution < 1.29 is 9.90 Å². The predicted molar refractivity (Wildman–Crippen MR) is 57.9 cm³/mol. The Hall–Kier alpha value is -0.570. The van der Waals surface area contributed by atoms with E-state index in [-0.39, 0.29) is 11.8 Å². The van der Waals surface area contributed by atoms with Crippen LogP contribution in [0.25, 0.3) is 0 Å². The van der Waals surface area contributed by atoms with Crippen molar-refractivity contribution in [1.82, 2.24) is 5.32 Å². The molecular weight excluding hydrogens is 178 g/mol. The highest BCUT2D eigenvalue weighted by Crippen LogP contribution is 2.03. The van der Waals surface area contributed by atoms with E-state index in [1.807, 2.05) is 13.8 Å². The van der Waals surface area contributed by atoms with Crippen molar-refractivity contribution in [2.75, 3.05) is 6.54 Å². The number of hydrogen-bond acceptors (Lipinski definition) is 2. The molecule has 1 amide bonds. The van der Waals surface area contributed by atoms with Crippen LogP contribution >= 0.6 is 0 Å². The lowest BCUT2D eigenvalue weighted by atomic mass is 10.1. The van der Waals surface area contributed by atoms with Crippen LogP contribution in [0.3, 0.4) is 0 Å². The van der Waals surface area contributed by atoms with E-state index in [0.717, 1.165) is 6.42 Å². The van der Waals surface area contributed by atoms with E-state index in [1.165, 1.54) is 0 Å². The van der Waals surface area contributed by atoms with E-state index in [9.17, 15) is 9.90 Å².